The number of benzene rings is 2. The lowest BCUT2D eigenvalue weighted by Crippen LogP contribution is -1.92. The minimum absolute atomic E-state index is 0.499. The third kappa shape index (κ3) is 3.46. The van der Waals surface area contributed by atoms with Gasteiger partial charge in [-0.25, -0.2) is 0 Å². The molecule has 1 nitrogen and oxygen atoms in total. The summed E-state index contributed by atoms with van der Waals surface area (Å²) in [6, 6.07) is 21.0. The summed E-state index contributed by atoms with van der Waals surface area (Å²) in [5.41, 5.74) is 3.78. The van der Waals surface area contributed by atoms with E-state index in [1.165, 1.54) is 11.1 Å². The number of nitrogens with zero attached hydrogens (tertiary/aromatic N) is 1. The Labute approximate surface area is 102 Å². The molecule has 0 aliphatic rings. The fourth-order valence-electron chi connectivity index (χ4n) is 1.92. The highest BCUT2D eigenvalue weighted by molar-refractivity contribution is 5.26. The average molecular weight is 221 g/mol. The molecule has 0 N–H and O–H groups in total. The second-order valence-electron chi connectivity index (χ2n) is 4.14. The van der Waals surface area contributed by atoms with E-state index in [9.17, 15) is 0 Å². The van der Waals surface area contributed by atoms with Gasteiger partial charge in [0.1, 0.15) is 0 Å². The van der Waals surface area contributed by atoms with Crippen LogP contribution >= 0.6 is 0 Å². The molecule has 2 rings (SSSR count). The SMILES string of the molecule is N#CCc1cccc(CCc2ccccc2)c1. The summed E-state index contributed by atoms with van der Waals surface area (Å²) in [7, 11) is 0. The second-order valence-corrected chi connectivity index (χ2v) is 4.14. The maximum atomic E-state index is 8.67. The van der Waals surface area contributed by atoms with Gasteiger partial charge in [0.05, 0.1) is 12.5 Å². The highest BCUT2D eigenvalue weighted by Gasteiger charge is 1.97. The van der Waals surface area contributed by atoms with Crippen LogP contribution < -0.4 is 0 Å². The molecule has 0 bridgehead atoms. The van der Waals surface area contributed by atoms with Crippen LogP contribution in [0.15, 0.2) is 54.6 Å². The first-order valence-electron chi connectivity index (χ1n) is 5.87. The van der Waals surface area contributed by atoms with Gasteiger partial charge in [-0.3, -0.25) is 0 Å². The summed E-state index contributed by atoms with van der Waals surface area (Å²) in [5.74, 6) is 0. The van der Waals surface area contributed by atoms with Crippen molar-refractivity contribution < 1.29 is 0 Å². The van der Waals surface area contributed by atoms with Gasteiger partial charge < -0.3 is 0 Å². The topological polar surface area (TPSA) is 23.8 Å². The number of nitriles is 1. The van der Waals surface area contributed by atoms with Crippen LogP contribution in [-0.2, 0) is 19.3 Å². The van der Waals surface area contributed by atoms with E-state index >= 15 is 0 Å². The van der Waals surface area contributed by atoms with Crippen molar-refractivity contribution >= 4 is 0 Å². The predicted molar refractivity (Wildman–Crippen MR) is 69.6 cm³/mol. The Bertz CT molecular complexity index is 509. The molecule has 0 unspecified atom stereocenters. The molecule has 0 saturated carbocycles. The molecule has 0 saturated heterocycles. The van der Waals surface area contributed by atoms with E-state index < -0.39 is 0 Å². The molecule has 0 aliphatic carbocycles. The smallest absolute Gasteiger partial charge is 0.0669 e. The molecule has 0 heterocycles. The van der Waals surface area contributed by atoms with Crippen LogP contribution in [0.3, 0.4) is 0 Å². The summed E-state index contributed by atoms with van der Waals surface area (Å²) in [6.45, 7) is 0. The number of aryl methyl sites for hydroxylation is 2. The lowest BCUT2D eigenvalue weighted by Gasteiger charge is -2.03. The van der Waals surface area contributed by atoms with Gasteiger partial charge in [0.25, 0.3) is 0 Å². The Morgan fingerprint density at radius 2 is 1.41 bits per heavy atom. The van der Waals surface area contributed by atoms with Gasteiger partial charge >= 0.3 is 0 Å². The van der Waals surface area contributed by atoms with E-state index in [-0.39, 0.29) is 0 Å². The van der Waals surface area contributed by atoms with E-state index in [1.54, 1.807) is 0 Å². The van der Waals surface area contributed by atoms with Gasteiger partial charge in [-0.15, -0.1) is 0 Å². The van der Waals surface area contributed by atoms with Crippen molar-refractivity contribution in [3.63, 3.8) is 0 Å². The standard InChI is InChI=1S/C16H15N/c17-12-11-16-8-4-7-15(13-16)10-9-14-5-2-1-3-6-14/h1-8,13H,9-11H2. The molecule has 0 fully saturated rings. The highest BCUT2D eigenvalue weighted by atomic mass is 14.2. The van der Waals surface area contributed by atoms with E-state index in [0.717, 1.165) is 18.4 Å². The molecule has 0 spiro atoms. The number of rotatable bonds is 4. The maximum Gasteiger partial charge on any atom is 0.0669 e. The first-order valence-corrected chi connectivity index (χ1v) is 5.87. The summed E-state index contributed by atoms with van der Waals surface area (Å²) in [4.78, 5) is 0. The molecular formula is C16H15N. The molecule has 0 atom stereocenters. The molecule has 1 heteroatoms. The van der Waals surface area contributed by atoms with Gasteiger partial charge in [0, 0.05) is 0 Å². The molecule has 2 aromatic rings. The Kier molecular flexibility index (Phi) is 3.94. The van der Waals surface area contributed by atoms with E-state index in [0.29, 0.717) is 6.42 Å². The van der Waals surface area contributed by atoms with E-state index in [1.807, 2.05) is 18.2 Å². The third-order valence-corrected chi connectivity index (χ3v) is 2.82. The summed E-state index contributed by atoms with van der Waals surface area (Å²) >= 11 is 0. The van der Waals surface area contributed by atoms with Crippen molar-refractivity contribution in [2.45, 2.75) is 19.3 Å². The maximum absolute atomic E-state index is 8.67. The zero-order valence-corrected chi connectivity index (χ0v) is 9.76. The first-order chi connectivity index (χ1) is 8.38. The third-order valence-electron chi connectivity index (χ3n) is 2.82. The van der Waals surface area contributed by atoms with Crippen molar-refractivity contribution in [3.05, 3.63) is 71.3 Å². The lowest BCUT2D eigenvalue weighted by molar-refractivity contribution is 0.956. The van der Waals surface area contributed by atoms with Crippen molar-refractivity contribution in [2.75, 3.05) is 0 Å². The van der Waals surface area contributed by atoms with Crippen molar-refractivity contribution in [3.8, 4) is 6.07 Å². The summed E-state index contributed by atoms with van der Waals surface area (Å²) < 4.78 is 0. The monoisotopic (exact) mass is 221 g/mol. The first kappa shape index (κ1) is 11.4. The molecule has 2 aromatic carbocycles. The molecule has 0 aliphatic heterocycles. The van der Waals surface area contributed by atoms with Gasteiger partial charge in [-0.2, -0.15) is 5.26 Å². The minimum atomic E-state index is 0.499. The van der Waals surface area contributed by atoms with Crippen LogP contribution in [0.25, 0.3) is 0 Å². The highest BCUT2D eigenvalue weighted by Crippen LogP contribution is 2.10. The van der Waals surface area contributed by atoms with Crippen LogP contribution in [-0.4, -0.2) is 0 Å². The minimum Gasteiger partial charge on any atom is -0.198 e. The fourth-order valence-corrected chi connectivity index (χ4v) is 1.92. The van der Waals surface area contributed by atoms with Crippen molar-refractivity contribution in [1.29, 1.82) is 5.26 Å². The zero-order valence-electron chi connectivity index (χ0n) is 9.76. The summed E-state index contributed by atoms with van der Waals surface area (Å²) in [5, 5.41) is 8.67. The van der Waals surface area contributed by atoms with Gasteiger partial charge in [0.15, 0.2) is 0 Å². The Balaban J connectivity index is 2.00. The Morgan fingerprint density at radius 3 is 2.18 bits per heavy atom. The largest absolute Gasteiger partial charge is 0.198 e. The van der Waals surface area contributed by atoms with Crippen molar-refractivity contribution in [1.82, 2.24) is 0 Å². The Hall–Kier alpha value is -2.07. The van der Waals surface area contributed by atoms with Gasteiger partial charge in [-0.1, -0.05) is 54.6 Å². The molecule has 0 amide bonds. The Morgan fingerprint density at radius 1 is 0.765 bits per heavy atom. The van der Waals surface area contributed by atoms with Crippen LogP contribution in [0, 0.1) is 11.3 Å². The molecule has 0 aromatic heterocycles. The number of hydrogen-bond donors (Lipinski definition) is 0. The summed E-state index contributed by atoms with van der Waals surface area (Å²) in [6.07, 6.45) is 2.58. The van der Waals surface area contributed by atoms with Crippen LogP contribution in [0.5, 0.6) is 0 Å². The van der Waals surface area contributed by atoms with Crippen LogP contribution in [0.1, 0.15) is 16.7 Å². The molecule has 17 heavy (non-hydrogen) atoms. The van der Waals surface area contributed by atoms with Gasteiger partial charge in [-0.05, 0) is 29.5 Å². The second kappa shape index (κ2) is 5.86. The van der Waals surface area contributed by atoms with E-state index in [4.69, 9.17) is 5.26 Å². The van der Waals surface area contributed by atoms with Crippen LogP contribution in [0.4, 0.5) is 0 Å². The lowest BCUT2D eigenvalue weighted by atomic mass is 10.0. The molecule has 0 radical (unpaired) electrons. The van der Waals surface area contributed by atoms with Gasteiger partial charge in [0.2, 0.25) is 0 Å². The normalized spacial score (nSPS) is 9.82. The number of hydrogen-bond acceptors (Lipinski definition) is 1. The molecule has 84 valence electrons. The van der Waals surface area contributed by atoms with Crippen molar-refractivity contribution in [2.24, 2.45) is 0 Å². The zero-order chi connectivity index (χ0) is 11.9. The average Bonchev–Trinajstić information content (AvgIpc) is 2.39. The molecular weight excluding hydrogens is 206 g/mol. The predicted octanol–water partition coefficient (Wildman–Crippen LogP) is 3.54. The fraction of sp³-hybridized carbons (Fsp3) is 0.188. The quantitative estimate of drug-likeness (QED) is 0.774. The van der Waals surface area contributed by atoms with E-state index in [2.05, 4.69) is 42.5 Å². The van der Waals surface area contributed by atoms with Crippen LogP contribution in [0.2, 0.25) is 0 Å².